The van der Waals surface area contributed by atoms with Crippen LogP contribution >= 0.6 is 15.8 Å². The van der Waals surface area contributed by atoms with Crippen LogP contribution in [0.15, 0.2) is 146 Å². The second-order valence-corrected chi connectivity index (χ2v) is 15.7. The van der Waals surface area contributed by atoms with Crippen molar-refractivity contribution in [2.75, 3.05) is 7.11 Å². The largest absolute Gasteiger partial charge is 0.497 e. The highest BCUT2D eigenvalue weighted by Gasteiger charge is 2.23. The highest BCUT2D eigenvalue weighted by atomic mass is 31.1. The molecule has 0 aliphatic heterocycles. The molecule has 44 heavy (non-hydrogen) atoms. The van der Waals surface area contributed by atoms with E-state index in [9.17, 15) is 0 Å². The number of benzene rings is 6. The monoisotopic (exact) mass is 608 g/mol. The van der Waals surface area contributed by atoms with Gasteiger partial charge in [0.1, 0.15) is 5.75 Å². The van der Waals surface area contributed by atoms with Gasteiger partial charge in [0.15, 0.2) is 0 Å². The lowest BCUT2D eigenvalue weighted by molar-refractivity contribution is 0.415. The number of methoxy groups -OCH3 is 1. The number of hydrogen-bond donors (Lipinski definition) is 0. The summed E-state index contributed by atoms with van der Waals surface area (Å²) in [5, 5.41) is 8.28. The van der Waals surface area contributed by atoms with Gasteiger partial charge in [0, 0.05) is 0 Å². The molecule has 6 aromatic carbocycles. The molecule has 0 aliphatic rings. The van der Waals surface area contributed by atoms with E-state index in [0.717, 1.165) is 12.2 Å². The molecule has 0 spiro atoms. The van der Waals surface area contributed by atoms with E-state index >= 15 is 0 Å². The molecule has 0 N–H and O–H groups in total. The van der Waals surface area contributed by atoms with Crippen LogP contribution in [0.25, 0.3) is 0 Å². The van der Waals surface area contributed by atoms with Crippen molar-refractivity contribution in [3.8, 4) is 5.75 Å². The Hall–Kier alpha value is -4.02. The van der Waals surface area contributed by atoms with Crippen LogP contribution in [0.5, 0.6) is 5.75 Å². The molecule has 6 rings (SSSR count). The molecular formula is C41H38OP2. The summed E-state index contributed by atoms with van der Waals surface area (Å²) >= 11 is 0. The van der Waals surface area contributed by atoms with Crippen LogP contribution in [-0.4, -0.2) is 7.11 Å². The predicted molar refractivity (Wildman–Crippen MR) is 194 cm³/mol. The average molecular weight is 609 g/mol. The lowest BCUT2D eigenvalue weighted by Gasteiger charge is -2.25. The molecule has 1 nitrogen and oxygen atoms in total. The van der Waals surface area contributed by atoms with E-state index in [0.29, 0.717) is 0 Å². The number of aryl methyl sites for hydroxylation is 3. The van der Waals surface area contributed by atoms with Gasteiger partial charge < -0.3 is 4.74 Å². The smallest absolute Gasteiger partial charge is 0.118 e. The van der Waals surface area contributed by atoms with Gasteiger partial charge in [0.25, 0.3) is 0 Å². The maximum absolute atomic E-state index is 5.51. The van der Waals surface area contributed by atoms with Gasteiger partial charge in [-0.2, -0.15) is 0 Å². The Morgan fingerprint density at radius 3 is 1.07 bits per heavy atom. The van der Waals surface area contributed by atoms with Gasteiger partial charge in [-0.1, -0.05) is 150 Å². The zero-order valence-electron chi connectivity index (χ0n) is 25.9. The fourth-order valence-electron chi connectivity index (χ4n) is 5.63. The molecule has 0 bridgehead atoms. The first-order chi connectivity index (χ1) is 21.5. The van der Waals surface area contributed by atoms with Gasteiger partial charge in [-0.15, -0.1) is 0 Å². The van der Waals surface area contributed by atoms with Crippen molar-refractivity contribution in [2.24, 2.45) is 0 Å². The van der Waals surface area contributed by atoms with E-state index in [-0.39, 0.29) is 0 Å². The second kappa shape index (κ2) is 13.7. The summed E-state index contributed by atoms with van der Waals surface area (Å²) < 4.78 is 5.51. The predicted octanol–water partition coefficient (Wildman–Crippen LogP) is 7.73. The summed E-state index contributed by atoms with van der Waals surface area (Å²) in [4.78, 5) is 0. The molecule has 218 valence electrons. The van der Waals surface area contributed by atoms with Crippen LogP contribution in [0.3, 0.4) is 0 Å². The Bertz CT molecular complexity index is 1780. The zero-order valence-corrected chi connectivity index (χ0v) is 27.7. The standard InChI is InChI=1S/C41H38OP2/c1-30-13-21-36(22-14-30)43(37-23-15-31(2)16-24-37)40-11-7-5-9-33(40)29-34-10-6-8-12-41(34)44(38-25-17-32(3)18-26-38)39-27-19-35(42-4)20-28-39/h5-28H,29H2,1-4H3. The maximum atomic E-state index is 5.51. The van der Waals surface area contributed by atoms with Crippen LogP contribution in [0.2, 0.25) is 0 Å². The third-order valence-electron chi connectivity index (χ3n) is 8.05. The normalized spacial score (nSPS) is 11.8. The fraction of sp³-hybridized carbons (Fsp3) is 0.122. The first-order valence-corrected chi connectivity index (χ1v) is 17.8. The molecule has 6 aromatic rings. The van der Waals surface area contributed by atoms with Crippen LogP contribution in [0.1, 0.15) is 27.8 Å². The maximum Gasteiger partial charge on any atom is 0.118 e. The van der Waals surface area contributed by atoms with E-state index < -0.39 is 15.8 Å². The van der Waals surface area contributed by atoms with Crippen molar-refractivity contribution in [3.63, 3.8) is 0 Å². The highest BCUT2D eigenvalue weighted by molar-refractivity contribution is 7.80. The highest BCUT2D eigenvalue weighted by Crippen LogP contribution is 2.38. The van der Waals surface area contributed by atoms with Crippen molar-refractivity contribution >= 4 is 47.7 Å². The van der Waals surface area contributed by atoms with Gasteiger partial charge >= 0.3 is 0 Å². The SMILES string of the molecule is COc1ccc(P(c2ccc(C)cc2)c2ccccc2Cc2ccccc2P(c2ccc(C)cc2)c2ccc(C)cc2)cc1. The van der Waals surface area contributed by atoms with E-state index in [1.165, 1.54) is 59.6 Å². The third-order valence-corrected chi connectivity index (χ3v) is 13.1. The van der Waals surface area contributed by atoms with Crippen molar-refractivity contribution in [1.29, 1.82) is 0 Å². The summed E-state index contributed by atoms with van der Waals surface area (Å²) in [6, 6.07) is 54.2. The molecule has 0 aliphatic carbocycles. The zero-order chi connectivity index (χ0) is 30.5. The Kier molecular flexibility index (Phi) is 9.37. The molecule has 0 fully saturated rings. The summed E-state index contributed by atoms with van der Waals surface area (Å²) in [7, 11) is 0.247. The lowest BCUT2D eigenvalue weighted by atomic mass is 10.1. The van der Waals surface area contributed by atoms with E-state index in [4.69, 9.17) is 4.74 Å². The van der Waals surface area contributed by atoms with Crippen molar-refractivity contribution in [3.05, 3.63) is 173 Å². The van der Waals surface area contributed by atoms with Crippen molar-refractivity contribution in [2.45, 2.75) is 27.2 Å². The molecule has 0 radical (unpaired) electrons. The quantitative estimate of drug-likeness (QED) is 0.153. The Balaban J connectivity index is 1.46. The Morgan fingerprint density at radius 1 is 0.409 bits per heavy atom. The Labute approximate surface area is 265 Å². The fourth-order valence-corrected chi connectivity index (χ4v) is 10.5. The summed E-state index contributed by atoms with van der Waals surface area (Å²) in [5.41, 5.74) is 6.63. The van der Waals surface area contributed by atoms with Crippen LogP contribution < -0.4 is 36.6 Å². The van der Waals surface area contributed by atoms with Crippen LogP contribution in [0, 0.1) is 20.8 Å². The molecule has 1 atom stereocenters. The Morgan fingerprint density at radius 2 is 0.727 bits per heavy atom. The number of rotatable bonds is 9. The topological polar surface area (TPSA) is 9.23 Å². The van der Waals surface area contributed by atoms with Crippen LogP contribution in [0.4, 0.5) is 0 Å². The van der Waals surface area contributed by atoms with E-state index in [2.05, 4.69) is 166 Å². The minimum atomic E-state index is -0.763. The van der Waals surface area contributed by atoms with Gasteiger partial charge in [-0.05, 0) is 98.1 Å². The number of ether oxygens (including phenoxy) is 1. The molecule has 0 amide bonds. The molecule has 3 heteroatoms. The third kappa shape index (κ3) is 6.71. The second-order valence-electron chi connectivity index (χ2n) is 11.3. The van der Waals surface area contributed by atoms with Crippen molar-refractivity contribution < 1.29 is 4.74 Å². The molecule has 1 unspecified atom stereocenters. The minimum Gasteiger partial charge on any atom is -0.497 e. The molecule has 0 heterocycles. The first-order valence-electron chi connectivity index (χ1n) is 15.1. The van der Waals surface area contributed by atoms with Gasteiger partial charge in [0.2, 0.25) is 0 Å². The molecule has 0 saturated heterocycles. The van der Waals surface area contributed by atoms with Gasteiger partial charge in [-0.25, -0.2) is 0 Å². The van der Waals surface area contributed by atoms with E-state index in [1.807, 2.05) is 0 Å². The van der Waals surface area contributed by atoms with Crippen molar-refractivity contribution in [1.82, 2.24) is 0 Å². The summed E-state index contributed by atoms with van der Waals surface area (Å²) in [6.45, 7) is 6.49. The minimum absolute atomic E-state index is 0.718. The molecule has 0 saturated carbocycles. The van der Waals surface area contributed by atoms with E-state index in [1.54, 1.807) is 7.11 Å². The van der Waals surface area contributed by atoms with Gasteiger partial charge in [-0.3, -0.25) is 0 Å². The summed E-state index contributed by atoms with van der Waals surface area (Å²) in [6.07, 6.45) is 0.879. The number of hydrogen-bond acceptors (Lipinski definition) is 1. The summed E-state index contributed by atoms with van der Waals surface area (Å²) in [5.74, 6) is 0.885. The molecule has 0 aromatic heterocycles. The van der Waals surface area contributed by atoms with Crippen LogP contribution in [-0.2, 0) is 6.42 Å². The van der Waals surface area contributed by atoms with Gasteiger partial charge in [0.05, 0.1) is 7.11 Å². The lowest BCUT2D eigenvalue weighted by Crippen LogP contribution is -2.26. The molecular weight excluding hydrogens is 570 g/mol. The first kappa shape index (κ1) is 30.0. The average Bonchev–Trinajstić information content (AvgIpc) is 3.06.